The van der Waals surface area contributed by atoms with E-state index in [1.165, 1.54) is 4.31 Å². The Morgan fingerprint density at radius 2 is 1.52 bits per heavy atom. The SMILES string of the molecule is Cc1ccc(S(=O)(=O)N(Cc2ccc(Cl)cc2)c2ccccc2C(=O)N/N=C\c2cccc3ccccc23)cc1. The zero-order chi connectivity index (χ0) is 28.1. The molecular weight excluding hydrogens is 542 g/mol. The number of rotatable bonds is 8. The summed E-state index contributed by atoms with van der Waals surface area (Å²) in [6.45, 7) is 1.89. The Bertz CT molecular complexity index is 1800. The van der Waals surface area contributed by atoms with E-state index in [4.69, 9.17) is 11.6 Å². The van der Waals surface area contributed by atoms with Gasteiger partial charge in [-0.15, -0.1) is 0 Å². The van der Waals surface area contributed by atoms with Gasteiger partial charge in [0.25, 0.3) is 15.9 Å². The first-order chi connectivity index (χ1) is 19.3. The lowest BCUT2D eigenvalue weighted by atomic mass is 10.1. The van der Waals surface area contributed by atoms with Crippen molar-refractivity contribution < 1.29 is 13.2 Å². The summed E-state index contributed by atoms with van der Waals surface area (Å²) in [5, 5.41) is 6.79. The number of fused-ring (bicyclic) bond motifs is 1. The molecule has 0 saturated carbocycles. The largest absolute Gasteiger partial charge is 0.273 e. The van der Waals surface area contributed by atoms with E-state index in [9.17, 15) is 13.2 Å². The van der Waals surface area contributed by atoms with E-state index >= 15 is 0 Å². The minimum Gasteiger partial charge on any atom is -0.267 e. The molecule has 0 atom stereocenters. The lowest BCUT2D eigenvalue weighted by Gasteiger charge is -2.26. The van der Waals surface area contributed by atoms with Crippen LogP contribution in [0.25, 0.3) is 10.8 Å². The third kappa shape index (κ3) is 5.91. The van der Waals surface area contributed by atoms with Crippen LogP contribution in [0.2, 0.25) is 5.02 Å². The second-order valence-corrected chi connectivity index (χ2v) is 11.5. The van der Waals surface area contributed by atoms with Gasteiger partial charge in [-0.1, -0.05) is 96.0 Å². The minimum atomic E-state index is -4.04. The van der Waals surface area contributed by atoms with Crippen LogP contribution in [-0.4, -0.2) is 20.5 Å². The van der Waals surface area contributed by atoms with Gasteiger partial charge in [0.15, 0.2) is 0 Å². The molecule has 0 bridgehead atoms. The first-order valence-corrected chi connectivity index (χ1v) is 14.4. The van der Waals surface area contributed by atoms with Gasteiger partial charge in [-0.2, -0.15) is 5.10 Å². The van der Waals surface area contributed by atoms with Gasteiger partial charge in [-0.25, -0.2) is 13.8 Å². The number of nitrogens with one attached hydrogen (secondary N) is 1. The molecule has 0 spiro atoms. The summed E-state index contributed by atoms with van der Waals surface area (Å²) in [5.41, 5.74) is 5.46. The Morgan fingerprint density at radius 1 is 0.850 bits per heavy atom. The van der Waals surface area contributed by atoms with Crippen molar-refractivity contribution in [2.45, 2.75) is 18.4 Å². The predicted molar refractivity (Wildman–Crippen MR) is 161 cm³/mol. The van der Waals surface area contributed by atoms with Crippen molar-refractivity contribution >= 4 is 50.2 Å². The normalized spacial score (nSPS) is 11.6. The van der Waals surface area contributed by atoms with Crippen molar-refractivity contribution in [1.29, 1.82) is 0 Å². The molecule has 0 aliphatic carbocycles. The van der Waals surface area contributed by atoms with Gasteiger partial charge in [0.2, 0.25) is 0 Å². The van der Waals surface area contributed by atoms with Gasteiger partial charge in [-0.05, 0) is 59.7 Å². The number of amides is 1. The predicted octanol–water partition coefficient (Wildman–Crippen LogP) is 6.96. The molecule has 0 fully saturated rings. The maximum absolute atomic E-state index is 14.0. The number of nitrogens with zero attached hydrogens (tertiary/aromatic N) is 2. The van der Waals surface area contributed by atoms with E-state index in [1.54, 1.807) is 79.0 Å². The summed E-state index contributed by atoms with van der Waals surface area (Å²) >= 11 is 6.06. The van der Waals surface area contributed by atoms with Crippen molar-refractivity contribution in [1.82, 2.24) is 5.43 Å². The summed E-state index contributed by atoms with van der Waals surface area (Å²) < 4.78 is 29.1. The second-order valence-electron chi connectivity index (χ2n) is 9.24. The summed E-state index contributed by atoms with van der Waals surface area (Å²) in [6, 6.07) is 33.9. The Kier molecular flexibility index (Phi) is 7.96. The molecular formula is C32H26ClN3O3S. The Morgan fingerprint density at radius 3 is 2.30 bits per heavy atom. The molecule has 8 heteroatoms. The minimum absolute atomic E-state index is 0.00303. The van der Waals surface area contributed by atoms with E-state index in [-0.39, 0.29) is 22.7 Å². The highest BCUT2D eigenvalue weighted by Crippen LogP contribution is 2.30. The molecule has 0 radical (unpaired) electrons. The van der Waals surface area contributed by atoms with Crippen molar-refractivity contribution in [2.24, 2.45) is 5.10 Å². The number of benzene rings is 5. The van der Waals surface area contributed by atoms with Crippen LogP contribution in [0.1, 0.15) is 27.0 Å². The van der Waals surface area contributed by atoms with Gasteiger partial charge < -0.3 is 0 Å². The van der Waals surface area contributed by atoms with Crippen LogP contribution < -0.4 is 9.73 Å². The molecule has 1 N–H and O–H groups in total. The van der Waals surface area contributed by atoms with E-state index in [1.807, 2.05) is 49.4 Å². The lowest BCUT2D eigenvalue weighted by Crippen LogP contribution is -2.33. The van der Waals surface area contributed by atoms with Crippen LogP contribution >= 0.6 is 11.6 Å². The molecule has 0 aliphatic rings. The van der Waals surface area contributed by atoms with Gasteiger partial charge in [0, 0.05) is 10.6 Å². The van der Waals surface area contributed by atoms with Crippen molar-refractivity contribution in [3.63, 3.8) is 0 Å². The molecule has 0 aliphatic heterocycles. The first kappa shape index (κ1) is 27.1. The summed E-state index contributed by atoms with van der Waals surface area (Å²) in [7, 11) is -4.04. The highest BCUT2D eigenvalue weighted by molar-refractivity contribution is 7.92. The highest BCUT2D eigenvalue weighted by atomic mass is 35.5. The molecule has 0 saturated heterocycles. The van der Waals surface area contributed by atoms with Crippen LogP contribution in [0.15, 0.2) is 125 Å². The summed E-state index contributed by atoms with van der Waals surface area (Å²) in [5.74, 6) is -0.535. The number of sulfonamides is 1. The van der Waals surface area contributed by atoms with Crippen molar-refractivity contribution in [3.8, 4) is 0 Å². The number of hydrogen-bond acceptors (Lipinski definition) is 4. The zero-order valence-electron chi connectivity index (χ0n) is 21.7. The van der Waals surface area contributed by atoms with Crippen LogP contribution in [0, 0.1) is 6.92 Å². The molecule has 40 heavy (non-hydrogen) atoms. The molecule has 0 aromatic heterocycles. The Balaban J connectivity index is 1.50. The number of para-hydroxylation sites is 1. The van der Waals surface area contributed by atoms with Crippen LogP contribution in [-0.2, 0) is 16.6 Å². The van der Waals surface area contributed by atoms with Crippen LogP contribution in [0.3, 0.4) is 0 Å². The van der Waals surface area contributed by atoms with Crippen molar-refractivity contribution in [3.05, 3.63) is 143 Å². The maximum Gasteiger partial charge on any atom is 0.273 e. The third-order valence-corrected chi connectivity index (χ3v) is 8.48. The first-order valence-electron chi connectivity index (χ1n) is 12.6. The molecule has 6 nitrogen and oxygen atoms in total. The maximum atomic E-state index is 14.0. The number of halogens is 1. The fraction of sp³-hybridized carbons (Fsp3) is 0.0625. The van der Waals surface area contributed by atoms with E-state index in [0.717, 1.165) is 21.9 Å². The Hall–Kier alpha value is -4.46. The molecule has 1 amide bonds. The van der Waals surface area contributed by atoms with Gasteiger partial charge in [0.1, 0.15) is 0 Å². The summed E-state index contributed by atoms with van der Waals surface area (Å²) in [6.07, 6.45) is 1.58. The Labute approximate surface area is 238 Å². The topological polar surface area (TPSA) is 78.8 Å². The van der Waals surface area contributed by atoms with E-state index in [0.29, 0.717) is 10.6 Å². The van der Waals surface area contributed by atoms with E-state index in [2.05, 4.69) is 10.5 Å². The lowest BCUT2D eigenvalue weighted by molar-refractivity contribution is 0.0955. The zero-order valence-corrected chi connectivity index (χ0v) is 23.2. The molecule has 0 heterocycles. The molecule has 5 aromatic rings. The number of carbonyl (C=O) groups is 1. The standard InChI is InChI=1S/C32H26ClN3O3S/c1-23-13-19-28(20-14-23)40(38,39)36(22-24-15-17-27(33)18-16-24)31-12-5-4-11-30(31)32(37)35-34-21-26-9-6-8-25-7-2-3-10-29(25)26/h2-21H,22H2,1H3,(H,35,37)/b34-21-. The van der Waals surface area contributed by atoms with Crippen LogP contribution in [0.4, 0.5) is 5.69 Å². The third-order valence-electron chi connectivity index (χ3n) is 6.46. The number of hydrogen-bond donors (Lipinski definition) is 1. The van der Waals surface area contributed by atoms with E-state index < -0.39 is 15.9 Å². The van der Waals surface area contributed by atoms with Crippen molar-refractivity contribution in [2.75, 3.05) is 4.31 Å². The smallest absolute Gasteiger partial charge is 0.267 e. The monoisotopic (exact) mass is 567 g/mol. The number of aryl methyl sites for hydroxylation is 1. The molecule has 5 rings (SSSR count). The van der Waals surface area contributed by atoms with Gasteiger partial charge in [-0.3, -0.25) is 9.10 Å². The van der Waals surface area contributed by atoms with Gasteiger partial charge in [0.05, 0.1) is 28.9 Å². The highest BCUT2D eigenvalue weighted by Gasteiger charge is 2.28. The number of carbonyl (C=O) groups excluding carboxylic acids is 1. The molecule has 200 valence electrons. The molecule has 5 aromatic carbocycles. The number of anilines is 1. The van der Waals surface area contributed by atoms with Crippen LogP contribution in [0.5, 0.6) is 0 Å². The fourth-order valence-electron chi connectivity index (χ4n) is 4.36. The quantitative estimate of drug-likeness (QED) is 0.163. The van der Waals surface area contributed by atoms with Gasteiger partial charge >= 0.3 is 0 Å². The second kappa shape index (κ2) is 11.7. The average molecular weight is 568 g/mol. The average Bonchev–Trinajstić information content (AvgIpc) is 2.97. The number of hydrazone groups is 1. The fourth-order valence-corrected chi connectivity index (χ4v) is 5.96. The summed E-state index contributed by atoms with van der Waals surface area (Å²) in [4.78, 5) is 13.5. The molecule has 0 unspecified atom stereocenters.